The number of carbonyl (C=O) groups is 1. The van der Waals surface area contributed by atoms with E-state index in [1.165, 1.54) is 0 Å². The third kappa shape index (κ3) is 4.05. The molecule has 0 aliphatic rings. The molecule has 0 aromatic carbocycles. The standard InChI is InChI=1S/C11H19N3O3/c1-6(2)5-8(10(15)16)12-11-13-9(7(3)4)14-17-11/h6-8H,5H2,1-4H3,(H,15,16)(H,12,13,14)/t8-/m0/s1. The van der Waals surface area contributed by atoms with E-state index in [2.05, 4.69) is 15.5 Å². The second-order valence-electron chi connectivity index (χ2n) is 4.78. The summed E-state index contributed by atoms with van der Waals surface area (Å²) in [5.74, 6) is 0.0861. The highest BCUT2D eigenvalue weighted by Crippen LogP contribution is 2.15. The number of aromatic nitrogens is 2. The number of anilines is 1. The molecule has 0 aliphatic heterocycles. The number of aliphatic carboxylic acids is 1. The number of carboxylic acid groups (broad SMARTS) is 1. The zero-order valence-corrected chi connectivity index (χ0v) is 10.6. The summed E-state index contributed by atoms with van der Waals surface area (Å²) < 4.78 is 4.95. The molecule has 1 aromatic rings. The monoisotopic (exact) mass is 241 g/mol. The van der Waals surface area contributed by atoms with E-state index in [9.17, 15) is 4.79 Å². The van der Waals surface area contributed by atoms with Crippen LogP contribution >= 0.6 is 0 Å². The summed E-state index contributed by atoms with van der Waals surface area (Å²) in [5, 5.41) is 15.6. The molecule has 1 atom stereocenters. The maximum absolute atomic E-state index is 11.0. The molecule has 0 saturated carbocycles. The second-order valence-corrected chi connectivity index (χ2v) is 4.78. The SMILES string of the molecule is CC(C)C[C@H](Nc1nc(C(C)C)no1)C(=O)O. The Morgan fingerprint density at radius 2 is 2.06 bits per heavy atom. The molecule has 6 heteroatoms. The van der Waals surface area contributed by atoms with Crippen LogP contribution in [0.15, 0.2) is 4.52 Å². The molecule has 0 aliphatic carbocycles. The minimum atomic E-state index is -0.914. The summed E-state index contributed by atoms with van der Waals surface area (Å²) in [5.41, 5.74) is 0. The number of rotatable bonds is 6. The van der Waals surface area contributed by atoms with E-state index in [-0.39, 0.29) is 17.9 Å². The zero-order valence-electron chi connectivity index (χ0n) is 10.6. The molecule has 1 rings (SSSR count). The van der Waals surface area contributed by atoms with Gasteiger partial charge >= 0.3 is 12.0 Å². The van der Waals surface area contributed by atoms with Gasteiger partial charge in [0.25, 0.3) is 0 Å². The summed E-state index contributed by atoms with van der Waals surface area (Å²) in [7, 11) is 0. The smallest absolute Gasteiger partial charge is 0.326 e. The molecule has 0 amide bonds. The van der Waals surface area contributed by atoms with Crippen molar-refractivity contribution in [2.45, 2.75) is 46.1 Å². The van der Waals surface area contributed by atoms with Crippen molar-refractivity contribution in [2.75, 3.05) is 5.32 Å². The Morgan fingerprint density at radius 3 is 2.47 bits per heavy atom. The van der Waals surface area contributed by atoms with Crippen molar-refractivity contribution in [1.29, 1.82) is 0 Å². The van der Waals surface area contributed by atoms with Crippen LogP contribution < -0.4 is 5.32 Å². The van der Waals surface area contributed by atoms with Gasteiger partial charge in [0.1, 0.15) is 6.04 Å². The first-order valence-electron chi connectivity index (χ1n) is 5.73. The summed E-state index contributed by atoms with van der Waals surface area (Å²) >= 11 is 0. The number of hydrogen-bond donors (Lipinski definition) is 2. The van der Waals surface area contributed by atoms with Gasteiger partial charge < -0.3 is 14.9 Å². The minimum absolute atomic E-state index is 0.155. The molecule has 0 unspecified atom stereocenters. The Bertz CT molecular complexity index is 374. The molecule has 96 valence electrons. The van der Waals surface area contributed by atoms with Crippen molar-refractivity contribution >= 4 is 12.0 Å². The number of nitrogens with one attached hydrogen (secondary N) is 1. The number of carboxylic acids is 1. The molecule has 1 heterocycles. The molecular formula is C11H19N3O3. The molecule has 0 fully saturated rings. The van der Waals surface area contributed by atoms with Crippen LogP contribution in [0.25, 0.3) is 0 Å². The molecule has 17 heavy (non-hydrogen) atoms. The lowest BCUT2D eigenvalue weighted by Gasteiger charge is -2.14. The van der Waals surface area contributed by atoms with Gasteiger partial charge in [-0.3, -0.25) is 0 Å². The van der Waals surface area contributed by atoms with Crippen LogP contribution in [0.4, 0.5) is 6.01 Å². The van der Waals surface area contributed by atoms with E-state index in [1.807, 2.05) is 27.7 Å². The van der Waals surface area contributed by atoms with Crippen molar-refractivity contribution in [3.63, 3.8) is 0 Å². The Hall–Kier alpha value is -1.59. The van der Waals surface area contributed by atoms with Gasteiger partial charge in [0.15, 0.2) is 5.82 Å². The third-order valence-electron chi connectivity index (χ3n) is 2.26. The van der Waals surface area contributed by atoms with Crippen LogP contribution in [0.5, 0.6) is 0 Å². The van der Waals surface area contributed by atoms with Crippen LogP contribution in [0.1, 0.15) is 45.9 Å². The minimum Gasteiger partial charge on any atom is -0.480 e. The highest BCUT2D eigenvalue weighted by atomic mass is 16.5. The summed E-state index contributed by atoms with van der Waals surface area (Å²) in [6, 6.07) is -0.530. The van der Waals surface area contributed by atoms with E-state index in [4.69, 9.17) is 9.63 Å². The van der Waals surface area contributed by atoms with Crippen molar-refractivity contribution in [2.24, 2.45) is 5.92 Å². The summed E-state index contributed by atoms with van der Waals surface area (Å²) in [6.07, 6.45) is 0.509. The van der Waals surface area contributed by atoms with Crippen molar-refractivity contribution in [1.82, 2.24) is 10.1 Å². The topological polar surface area (TPSA) is 88.3 Å². The molecule has 0 saturated heterocycles. The Labute approximate surface area is 100 Å². The van der Waals surface area contributed by atoms with Crippen LogP contribution in [0, 0.1) is 5.92 Å². The highest BCUT2D eigenvalue weighted by molar-refractivity contribution is 5.76. The fourth-order valence-corrected chi connectivity index (χ4v) is 1.37. The Balaban J connectivity index is 2.68. The molecule has 2 N–H and O–H groups in total. The fraction of sp³-hybridized carbons (Fsp3) is 0.727. The quantitative estimate of drug-likeness (QED) is 0.793. The molecule has 0 bridgehead atoms. The summed E-state index contributed by atoms with van der Waals surface area (Å²) in [4.78, 5) is 15.1. The highest BCUT2D eigenvalue weighted by Gasteiger charge is 2.21. The second kappa shape index (κ2) is 5.65. The lowest BCUT2D eigenvalue weighted by Crippen LogP contribution is -2.30. The van der Waals surface area contributed by atoms with Gasteiger partial charge in [0, 0.05) is 5.92 Å². The van der Waals surface area contributed by atoms with Crippen LogP contribution in [-0.2, 0) is 4.79 Å². The Kier molecular flexibility index (Phi) is 4.48. The van der Waals surface area contributed by atoms with Crippen molar-refractivity contribution in [3.05, 3.63) is 5.82 Å². The van der Waals surface area contributed by atoms with Gasteiger partial charge in [-0.05, 0) is 12.3 Å². The summed E-state index contributed by atoms with van der Waals surface area (Å²) in [6.45, 7) is 7.81. The average Bonchev–Trinajstić information content (AvgIpc) is 2.64. The predicted molar refractivity (Wildman–Crippen MR) is 62.9 cm³/mol. The maximum Gasteiger partial charge on any atom is 0.326 e. The Morgan fingerprint density at radius 1 is 1.41 bits per heavy atom. The largest absolute Gasteiger partial charge is 0.480 e. The van der Waals surface area contributed by atoms with Crippen LogP contribution in [0.2, 0.25) is 0 Å². The lowest BCUT2D eigenvalue weighted by atomic mass is 10.0. The van der Waals surface area contributed by atoms with Crippen LogP contribution in [-0.4, -0.2) is 27.3 Å². The lowest BCUT2D eigenvalue weighted by molar-refractivity contribution is -0.138. The van der Waals surface area contributed by atoms with Gasteiger partial charge in [-0.2, -0.15) is 4.98 Å². The van der Waals surface area contributed by atoms with E-state index < -0.39 is 12.0 Å². The molecular weight excluding hydrogens is 222 g/mol. The van der Waals surface area contributed by atoms with Crippen LogP contribution in [0.3, 0.4) is 0 Å². The maximum atomic E-state index is 11.0. The van der Waals surface area contributed by atoms with Crippen molar-refractivity contribution < 1.29 is 14.4 Å². The van der Waals surface area contributed by atoms with Gasteiger partial charge in [-0.25, -0.2) is 4.79 Å². The van der Waals surface area contributed by atoms with Gasteiger partial charge in [0.2, 0.25) is 0 Å². The van der Waals surface area contributed by atoms with E-state index in [1.54, 1.807) is 0 Å². The van der Waals surface area contributed by atoms with E-state index in [0.29, 0.717) is 12.2 Å². The normalized spacial score (nSPS) is 13.1. The fourth-order valence-electron chi connectivity index (χ4n) is 1.37. The molecule has 6 nitrogen and oxygen atoms in total. The van der Waals surface area contributed by atoms with E-state index in [0.717, 1.165) is 0 Å². The first-order valence-corrected chi connectivity index (χ1v) is 5.73. The zero-order chi connectivity index (χ0) is 13.0. The average molecular weight is 241 g/mol. The third-order valence-corrected chi connectivity index (χ3v) is 2.26. The molecule has 0 spiro atoms. The number of nitrogens with zero attached hydrogens (tertiary/aromatic N) is 2. The molecule has 1 aromatic heterocycles. The van der Waals surface area contributed by atoms with Crippen molar-refractivity contribution in [3.8, 4) is 0 Å². The first kappa shape index (κ1) is 13.5. The molecule has 0 radical (unpaired) electrons. The van der Waals surface area contributed by atoms with Gasteiger partial charge in [0.05, 0.1) is 0 Å². The van der Waals surface area contributed by atoms with E-state index >= 15 is 0 Å². The van der Waals surface area contributed by atoms with Gasteiger partial charge in [-0.1, -0.05) is 32.9 Å². The first-order chi connectivity index (χ1) is 7.90. The predicted octanol–water partition coefficient (Wildman–Crippen LogP) is 2.10. The number of hydrogen-bond acceptors (Lipinski definition) is 5. The van der Waals surface area contributed by atoms with Gasteiger partial charge in [-0.15, -0.1) is 0 Å².